The van der Waals surface area contributed by atoms with Gasteiger partial charge in [0.15, 0.2) is 0 Å². The van der Waals surface area contributed by atoms with Crippen molar-refractivity contribution in [2.75, 3.05) is 10.8 Å². The second-order valence-electron chi connectivity index (χ2n) is 10.5. The lowest BCUT2D eigenvalue weighted by Crippen LogP contribution is -2.54. The van der Waals surface area contributed by atoms with E-state index in [0.29, 0.717) is 17.0 Å². The Morgan fingerprint density at radius 2 is 1.48 bits per heavy atom. The SMILES string of the molecule is CC[C@H](C)NC(=O)[C@H](Cc1ccccc1)N(Cc1cccc(Cl)c1)C(=O)CN(c1ccccc1)S(=O)(=O)c1ccc(F)cc1. The summed E-state index contributed by atoms with van der Waals surface area (Å²) in [6.07, 6.45) is 0.884. The van der Waals surface area contributed by atoms with Gasteiger partial charge >= 0.3 is 0 Å². The Balaban J connectivity index is 1.79. The summed E-state index contributed by atoms with van der Waals surface area (Å²) in [5.41, 5.74) is 1.75. The van der Waals surface area contributed by atoms with Gasteiger partial charge in [-0.05, 0) is 73.0 Å². The summed E-state index contributed by atoms with van der Waals surface area (Å²) < 4.78 is 42.5. The van der Waals surface area contributed by atoms with Crippen LogP contribution in [0.5, 0.6) is 0 Å². The summed E-state index contributed by atoms with van der Waals surface area (Å²) in [7, 11) is -4.31. The fourth-order valence-electron chi connectivity index (χ4n) is 4.68. The summed E-state index contributed by atoms with van der Waals surface area (Å²) in [5, 5.41) is 3.46. The Morgan fingerprint density at radius 3 is 2.09 bits per heavy atom. The number of halogens is 2. The Labute approximate surface area is 263 Å². The number of hydrogen-bond acceptors (Lipinski definition) is 4. The van der Waals surface area contributed by atoms with Crippen LogP contribution in [0.4, 0.5) is 10.1 Å². The minimum atomic E-state index is -4.31. The number of carbonyl (C=O) groups excluding carboxylic acids is 2. The van der Waals surface area contributed by atoms with Crippen molar-refractivity contribution >= 4 is 39.1 Å². The molecular formula is C34H35ClFN3O4S. The van der Waals surface area contributed by atoms with Crippen molar-refractivity contribution in [1.82, 2.24) is 10.2 Å². The molecule has 0 aliphatic heterocycles. The van der Waals surface area contributed by atoms with Crippen molar-refractivity contribution in [3.8, 4) is 0 Å². The van der Waals surface area contributed by atoms with Crippen LogP contribution < -0.4 is 9.62 Å². The molecule has 0 bridgehead atoms. The lowest BCUT2D eigenvalue weighted by Gasteiger charge is -2.34. The van der Waals surface area contributed by atoms with Crippen LogP contribution in [0, 0.1) is 5.82 Å². The molecule has 1 N–H and O–H groups in total. The molecular weight excluding hydrogens is 601 g/mol. The second-order valence-corrected chi connectivity index (χ2v) is 12.8. The van der Waals surface area contributed by atoms with Crippen LogP contribution in [0.1, 0.15) is 31.4 Å². The molecule has 4 rings (SSSR count). The van der Waals surface area contributed by atoms with Gasteiger partial charge in [-0.3, -0.25) is 13.9 Å². The maximum atomic E-state index is 14.4. The van der Waals surface area contributed by atoms with E-state index in [4.69, 9.17) is 11.6 Å². The van der Waals surface area contributed by atoms with Gasteiger partial charge in [0, 0.05) is 24.0 Å². The van der Waals surface area contributed by atoms with E-state index in [-0.39, 0.29) is 35.5 Å². The highest BCUT2D eigenvalue weighted by atomic mass is 35.5. The van der Waals surface area contributed by atoms with Gasteiger partial charge in [-0.2, -0.15) is 0 Å². The third-order valence-electron chi connectivity index (χ3n) is 7.24. The predicted molar refractivity (Wildman–Crippen MR) is 171 cm³/mol. The maximum absolute atomic E-state index is 14.4. The highest BCUT2D eigenvalue weighted by Gasteiger charge is 2.35. The van der Waals surface area contributed by atoms with Crippen LogP contribution in [0.3, 0.4) is 0 Å². The smallest absolute Gasteiger partial charge is 0.264 e. The molecule has 44 heavy (non-hydrogen) atoms. The molecule has 0 heterocycles. The highest BCUT2D eigenvalue weighted by Crippen LogP contribution is 2.25. The van der Waals surface area contributed by atoms with Crippen LogP contribution >= 0.6 is 11.6 Å². The van der Waals surface area contributed by atoms with Crippen LogP contribution in [-0.2, 0) is 32.6 Å². The van der Waals surface area contributed by atoms with Crippen LogP contribution in [0.15, 0.2) is 114 Å². The third-order valence-corrected chi connectivity index (χ3v) is 9.26. The molecule has 0 unspecified atom stereocenters. The summed E-state index contributed by atoms with van der Waals surface area (Å²) in [5.74, 6) is -1.54. The summed E-state index contributed by atoms with van der Waals surface area (Å²) >= 11 is 6.27. The number of nitrogens with zero attached hydrogens (tertiary/aromatic N) is 2. The van der Waals surface area contributed by atoms with E-state index in [0.717, 1.165) is 34.1 Å². The molecule has 0 aromatic heterocycles. The number of sulfonamides is 1. The van der Waals surface area contributed by atoms with E-state index in [1.807, 2.05) is 44.2 Å². The van der Waals surface area contributed by atoms with E-state index >= 15 is 0 Å². The van der Waals surface area contributed by atoms with Crippen LogP contribution in [0.25, 0.3) is 0 Å². The number of amides is 2. The number of anilines is 1. The third kappa shape index (κ3) is 8.45. The molecule has 0 aliphatic rings. The Hall–Kier alpha value is -4.21. The topological polar surface area (TPSA) is 86.8 Å². The second kappa shape index (κ2) is 15.0. The monoisotopic (exact) mass is 635 g/mol. The molecule has 0 radical (unpaired) electrons. The lowest BCUT2D eigenvalue weighted by atomic mass is 10.0. The van der Waals surface area contributed by atoms with E-state index in [2.05, 4.69) is 5.32 Å². The average Bonchev–Trinajstić information content (AvgIpc) is 3.02. The van der Waals surface area contributed by atoms with Crippen molar-refractivity contribution in [2.45, 2.75) is 50.2 Å². The first kappa shape index (κ1) is 32.7. The molecule has 2 atom stereocenters. The number of benzene rings is 4. The summed E-state index contributed by atoms with van der Waals surface area (Å²) in [6, 6.07) is 27.8. The minimum absolute atomic E-state index is 0.00401. The number of hydrogen-bond donors (Lipinski definition) is 1. The fourth-order valence-corrected chi connectivity index (χ4v) is 6.31. The molecule has 10 heteroatoms. The van der Waals surface area contributed by atoms with Crippen molar-refractivity contribution in [3.05, 3.63) is 131 Å². The van der Waals surface area contributed by atoms with Gasteiger partial charge in [0.1, 0.15) is 18.4 Å². The van der Waals surface area contributed by atoms with Crippen molar-refractivity contribution in [1.29, 1.82) is 0 Å². The first-order valence-corrected chi connectivity index (χ1v) is 16.1. The van der Waals surface area contributed by atoms with E-state index < -0.39 is 34.3 Å². The molecule has 0 spiro atoms. The Kier molecular flexibility index (Phi) is 11.1. The van der Waals surface area contributed by atoms with Crippen molar-refractivity contribution in [3.63, 3.8) is 0 Å². The Morgan fingerprint density at radius 1 is 0.864 bits per heavy atom. The van der Waals surface area contributed by atoms with E-state index in [1.165, 1.54) is 4.90 Å². The molecule has 4 aromatic rings. The molecule has 0 saturated carbocycles. The first-order chi connectivity index (χ1) is 21.1. The quantitative estimate of drug-likeness (QED) is 0.189. The van der Waals surface area contributed by atoms with Crippen LogP contribution in [0.2, 0.25) is 5.02 Å². The highest BCUT2D eigenvalue weighted by molar-refractivity contribution is 7.92. The van der Waals surface area contributed by atoms with Gasteiger partial charge < -0.3 is 10.2 Å². The molecule has 2 amide bonds. The zero-order chi connectivity index (χ0) is 31.7. The molecule has 7 nitrogen and oxygen atoms in total. The van der Waals surface area contributed by atoms with Crippen molar-refractivity contribution in [2.24, 2.45) is 0 Å². The Bertz CT molecular complexity index is 1660. The number of nitrogens with one attached hydrogen (secondary N) is 1. The van der Waals surface area contributed by atoms with Gasteiger partial charge in [0.2, 0.25) is 11.8 Å². The van der Waals surface area contributed by atoms with E-state index in [9.17, 15) is 22.4 Å². The predicted octanol–water partition coefficient (Wildman–Crippen LogP) is 6.23. The molecule has 230 valence electrons. The zero-order valence-electron chi connectivity index (χ0n) is 24.6. The number of para-hydroxylation sites is 1. The van der Waals surface area contributed by atoms with Crippen LogP contribution in [-0.4, -0.2) is 43.8 Å². The molecule has 4 aromatic carbocycles. The fraction of sp³-hybridized carbons (Fsp3) is 0.235. The molecule has 0 saturated heterocycles. The molecule has 0 fully saturated rings. The zero-order valence-corrected chi connectivity index (χ0v) is 26.1. The standard InChI is InChI=1S/C34H35ClFN3O4S/c1-3-25(2)37-34(41)32(22-26-11-6-4-7-12-26)38(23-27-13-10-14-28(35)21-27)33(40)24-39(30-15-8-5-9-16-30)44(42,43)31-19-17-29(36)18-20-31/h4-21,25,32H,3,22-24H2,1-2H3,(H,37,41)/t25-,32-/m0/s1. The van der Waals surface area contributed by atoms with Gasteiger partial charge in [-0.1, -0.05) is 79.2 Å². The molecule has 0 aliphatic carbocycles. The lowest BCUT2D eigenvalue weighted by molar-refractivity contribution is -0.140. The van der Waals surface area contributed by atoms with Gasteiger partial charge in [-0.25, -0.2) is 12.8 Å². The number of carbonyl (C=O) groups is 2. The summed E-state index contributed by atoms with van der Waals surface area (Å²) in [6.45, 7) is 3.23. The van der Waals surface area contributed by atoms with Gasteiger partial charge in [0.05, 0.1) is 10.6 Å². The van der Waals surface area contributed by atoms with E-state index in [1.54, 1.807) is 54.6 Å². The minimum Gasteiger partial charge on any atom is -0.352 e. The van der Waals surface area contributed by atoms with Gasteiger partial charge in [-0.15, -0.1) is 0 Å². The average molecular weight is 636 g/mol. The summed E-state index contributed by atoms with van der Waals surface area (Å²) in [4.78, 5) is 29.4. The normalized spacial score (nSPS) is 12.6. The number of rotatable bonds is 13. The van der Waals surface area contributed by atoms with Gasteiger partial charge in [0.25, 0.3) is 10.0 Å². The maximum Gasteiger partial charge on any atom is 0.264 e. The van der Waals surface area contributed by atoms with Crippen molar-refractivity contribution < 1.29 is 22.4 Å². The largest absolute Gasteiger partial charge is 0.352 e. The first-order valence-electron chi connectivity index (χ1n) is 14.3.